The Morgan fingerprint density at radius 2 is 2.06 bits per heavy atom. The van der Waals surface area contributed by atoms with E-state index in [-0.39, 0.29) is 10.7 Å². The number of benzene rings is 1. The van der Waals surface area contributed by atoms with Crippen molar-refractivity contribution in [2.75, 3.05) is 12.0 Å². The van der Waals surface area contributed by atoms with Crippen LogP contribution in [0.5, 0.6) is 0 Å². The maximum atomic E-state index is 11.4. The summed E-state index contributed by atoms with van der Waals surface area (Å²) in [7, 11) is -3.30. The number of hydrogen-bond acceptors (Lipinski definition) is 5. The molecule has 2 rings (SSSR count). The molecule has 0 saturated heterocycles. The number of nitrogen functional groups attached to an aromatic ring is 1. The molecule has 2 N–H and O–H groups in total. The van der Waals surface area contributed by atoms with E-state index in [0.717, 1.165) is 6.26 Å². The highest BCUT2D eigenvalue weighted by molar-refractivity contribution is 7.90. The number of nitrogens with two attached hydrogens (primary N) is 1. The van der Waals surface area contributed by atoms with Crippen LogP contribution >= 0.6 is 11.6 Å². The SMILES string of the molecule is CS(=O)(=O)c1ccc(Cl)c(-c2cc(N)no2)c1. The van der Waals surface area contributed by atoms with Crippen LogP contribution in [0.1, 0.15) is 0 Å². The third kappa shape index (κ3) is 2.42. The van der Waals surface area contributed by atoms with Crippen molar-refractivity contribution in [3.63, 3.8) is 0 Å². The average molecular weight is 273 g/mol. The summed E-state index contributed by atoms with van der Waals surface area (Å²) in [6, 6.07) is 5.83. The minimum Gasteiger partial charge on any atom is -0.381 e. The van der Waals surface area contributed by atoms with Gasteiger partial charge in [0.25, 0.3) is 0 Å². The normalized spacial score (nSPS) is 11.6. The van der Waals surface area contributed by atoms with Crippen molar-refractivity contribution in [1.82, 2.24) is 5.16 Å². The monoisotopic (exact) mass is 272 g/mol. The second-order valence-electron chi connectivity index (χ2n) is 3.53. The third-order valence-electron chi connectivity index (χ3n) is 2.16. The highest BCUT2D eigenvalue weighted by Gasteiger charge is 2.14. The first-order chi connectivity index (χ1) is 7.88. The summed E-state index contributed by atoms with van der Waals surface area (Å²) in [6.45, 7) is 0. The van der Waals surface area contributed by atoms with Crippen molar-refractivity contribution in [3.8, 4) is 11.3 Å². The van der Waals surface area contributed by atoms with Gasteiger partial charge in [0.1, 0.15) is 0 Å². The molecule has 0 aliphatic carbocycles. The van der Waals surface area contributed by atoms with E-state index in [1.165, 1.54) is 24.3 Å². The van der Waals surface area contributed by atoms with Crippen LogP contribution in [0.4, 0.5) is 5.82 Å². The van der Waals surface area contributed by atoms with Gasteiger partial charge in [-0.05, 0) is 18.2 Å². The van der Waals surface area contributed by atoms with E-state index >= 15 is 0 Å². The Balaban J connectivity index is 2.62. The summed E-state index contributed by atoms with van der Waals surface area (Å²) in [6.07, 6.45) is 1.12. The van der Waals surface area contributed by atoms with Gasteiger partial charge in [-0.2, -0.15) is 0 Å². The molecule has 0 saturated carbocycles. The van der Waals surface area contributed by atoms with E-state index in [4.69, 9.17) is 21.9 Å². The standard InChI is InChI=1S/C10H9ClN2O3S/c1-17(14,15)6-2-3-8(11)7(4-6)9-5-10(12)13-16-9/h2-5H,1H3,(H2,12,13). The van der Waals surface area contributed by atoms with Crippen molar-refractivity contribution in [3.05, 3.63) is 29.3 Å². The maximum Gasteiger partial charge on any atom is 0.175 e. The van der Waals surface area contributed by atoms with E-state index in [1.54, 1.807) is 0 Å². The second kappa shape index (κ2) is 4.05. The minimum absolute atomic E-state index is 0.159. The summed E-state index contributed by atoms with van der Waals surface area (Å²) in [5.41, 5.74) is 5.87. The van der Waals surface area contributed by atoms with Crippen molar-refractivity contribution in [1.29, 1.82) is 0 Å². The predicted octanol–water partition coefficient (Wildman–Crippen LogP) is 1.98. The number of anilines is 1. The molecule has 1 aromatic carbocycles. The van der Waals surface area contributed by atoms with Gasteiger partial charge in [-0.15, -0.1) is 0 Å². The molecule has 2 aromatic rings. The summed E-state index contributed by atoms with van der Waals surface area (Å²) in [4.78, 5) is 0.159. The third-order valence-corrected chi connectivity index (χ3v) is 3.60. The van der Waals surface area contributed by atoms with Crippen LogP contribution in [0.15, 0.2) is 33.7 Å². The largest absolute Gasteiger partial charge is 0.381 e. The summed E-state index contributed by atoms with van der Waals surface area (Å²) >= 11 is 5.97. The van der Waals surface area contributed by atoms with Crippen LogP contribution in [0.2, 0.25) is 5.02 Å². The Labute approximate surface area is 103 Å². The van der Waals surface area contributed by atoms with Gasteiger partial charge in [0.15, 0.2) is 21.4 Å². The Morgan fingerprint density at radius 3 is 2.59 bits per heavy atom. The lowest BCUT2D eigenvalue weighted by Gasteiger charge is -2.03. The fourth-order valence-corrected chi connectivity index (χ4v) is 2.20. The lowest BCUT2D eigenvalue weighted by atomic mass is 10.2. The van der Waals surface area contributed by atoms with Gasteiger partial charge in [0.2, 0.25) is 0 Å². The van der Waals surface area contributed by atoms with Gasteiger partial charge in [-0.3, -0.25) is 0 Å². The van der Waals surface area contributed by atoms with Crippen molar-refractivity contribution in [2.45, 2.75) is 4.90 Å². The Hall–Kier alpha value is -1.53. The first kappa shape index (κ1) is 11.9. The molecule has 0 aliphatic rings. The van der Waals surface area contributed by atoms with Crippen LogP contribution in [0.25, 0.3) is 11.3 Å². The average Bonchev–Trinajstić information content (AvgIpc) is 2.63. The Bertz CT molecular complexity index is 664. The lowest BCUT2D eigenvalue weighted by Crippen LogP contribution is -1.97. The van der Waals surface area contributed by atoms with Gasteiger partial charge in [0.05, 0.1) is 9.92 Å². The quantitative estimate of drug-likeness (QED) is 0.903. The van der Waals surface area contributed by atoms with Gasteiger partial charge in [-0.25, -0.2) is 8.42 Å². The van der Waals surface area contributed by atoms with E-state index in [2.05, 4.69) is 5.16 Å². The predicted molar refractivity (Wildman–Crippen MR) is 64.5 cm³/mol. The van der Waals surface area contributed by atoms with Crippen LogP contribution in [-0.2, 0) is 9.84 Å². The van der Waals surface area contributed by atoms with Crippen molar-refractivity contribution in [2.24, 2.45) is 0 Å². The molecule has 0 bridgehead atoms. The molecule has 5 nitrogen and oxygen atoms in total. The molecule has 0 unspecified atom stereocenters. The zero-order valence-corrected chi connectivity index (χ0v) is 10.4. The first-order valence-corrected chi connectivity index (χ1v) is 6.87. The number of sulfone groups is 1. The molecular formula is C10H9ClN2O3S. The summed E-state index contributed by atoms with van der Waals surface area (Å²) in [5.74, 6) is 0.541. The second-order valence-corrected chi connectivity index (χ2v) is 5.95. The highest BCUT2D eigenvalue weighted by atomic mass is 35.5. The first-order valence-electron chi connectivity index (χ1n) is 4.60. The van der Waals surface area contributed by atoms with Crippen LogP contribution in [0, 0.1) is 0 Å². The smallest absolute Gasteiger partial charge is 0.175 e. The number of hydrogen-bond donors (Lipinski definition) is 1. The van der Waals surface area contributed by atoms with E-state index in [0.29, 0.717) is 16.3 Å². The fraction of sp³-hybridized carbons (Fsp3) is 0.100. The zero-order valence-electron chi connectivity index (χ0n) is 8.84. The molecule has 7 heteroatoms. The molecule has 0 fully saturated rings. The number of halogens is 1. The zero-order chi connectivity index (χ0) is 12.6. The minimum atomic E-state index is -3.30. The fourth-order valence-electron chi connectivity index (χ4n) is 1.34. The van der Waals surface area contributed by atoms with Crippen LogP contribution in [-0.4, -0.2) is 19.8 Å². The van der Waals surface area contributed by atoms with Gasteiger partial charge < -0.3 is 10.3 Å². The molecule has 17 heavy (non-hydrogen) atoms. The molecule has 0 amide bonds. The van der Waals surface area contributed by atoms with Crippen LogP contribution in [0.3, 0.4) is 0 Å². The van der Waals surface area contributed by atoms with Gasteiger partial charge >= 0.3 is 0 Å². The molecule has 0 aliphatic heterocycles. The molecular weight excluding hydrogens is 264 g/mol. The van der Waals surface area contributed by atoms with E-state index < -0.39 is 9.84 Å². The summed E-state index contributed by atoms with van der Waals surface area (Å²) < 4.78 is 27.8. The van der Waals surface area contributed by atoms with Crippen molar-refractivity contribution < 1.29 is 12.9 Å². The van der Waals surface area contributed by atoms with E-state index in [9.17, 15) is 8.42 Å². The molecule has 0 spiro atoms. The Kier molecular flexibility index (Phi) is 2.84. The molecule has 1 heterocycles. The summed E-state index contributed by atoms with van der Waals surface area (Å²) in [5, 5.41) is 3.89. The number of nitrogens with zero attached hydrogens (tertiary/aromatic N) is 1. The number of aromatic nitrogens is 1. The lowest BCUT2D eigenvalue weighted by molar-refractivity contribution is 0.436. The highest BCUT2D eigenvalue weighted by Crippen LogP contribution is 2.31. The topological polar surface area (TPSA) is 86.2 Å². The van der Waals surface area contributed by atoms with Gasteiger partial charge in [-0.1, -0.05) is 16.8 Å². The molecule has 0 radical (unpaired) electrons. The molecule has 90 valence electrons. The molecule has 0 atom stereocenters. The van der Waals surface area contributed by atoms with Crippen LogP contribution < -0.4 is 5.73 Å². The van der Waals surface area contributed by atoms with Gasteiger partial charge in [0, 0.05) is 17.9 Å². The van der Waals surface area contributed by atoms with Crippen molar-refractivity contribution >= 4 is 27.3 Å². The van der Waals surface area contributed by atoms with E-state index in [1.807, 2.05) is 0 Å². The molecule has 1 aromatic heterocycles. The number of rotatable bonds is 2. The Morgan fingerprint density at radius 1 is 1.35 bits per heavy atom. The maximum absolute atomic E-state index is 11.4.